The number of benzene rings is 1. The minimum Gasteiger partial charge on any atom is -0.507 e. The van der Waals surface area contributed by atoms with Crippen LogP contribution in [0.5, 0.6) is 5.75 Å². The van der Waals surface area contributed by atoms with Crippen molar-refractivity contribution in [3.8, 4) is 5.75 Å². The van der Waals surface area contributed by atoms with Gasteiger partial charge in [0.2, 0.25) is 0 Å². The molecular weight excluding hydrogens is 258 g/mol. The maximum absolute atomic E-state index is 12.3. The average Bonchev–Trinajstić information content (AvgIpc) is 2.42. The van der Waals surface area contributed by atoms with E-state index < -0.39 is 17.4 Å². The molecule has 5 nitrogen and oxygen atoms in total. The van der Waals surface area contributed by atoms with E-state index in [0.29, 0.717) is 18.4 Å². The second kappa shape index (κ2) is 5.53. The van der Waals surface area contributed by atoms with E-state index >= 15 is 0 Å². The third-order valence-electron chi connectivity index (χ3n) is 3.95. The minimum atomic E-state index is -1.20. The number of aryl methyl sites for hydroxylation is 1. The summed E-state index contributed by atoms with van der Waals surface area (Å²) in [4.78, 5) is 23.8. The number of phenolic OH excluding ortho intramolecular Hbond substituents is 1. The van der Waals surface area contributed by atoms with Gasteiger partial charge in [0.1, 0.15) is 11.3 Å². The minimum absolute atomic E-state index is 0.0960. The molecule has 0 heterocycles. The molecular formula is C15H19NO4. The quantitative estimate of drug-likeness (QED) is 0.790. The van der Waals surface area contributed by atoms with Gasteiger partial charge >= 0.3 is 5.97 Å². The molecule has 0 saturated heterocycles. The lowest BCUT2D eigenvalue weighted by Crippen LogP contribution is -2.55. The van der Waals surface area contributed by atoms with E-state index in [0.717, 1.165) is 19.3 Å². The van der Waals surface area contributed by atoms with Crippen molar-refractivity contribution in [3.05, 3.63) is 29.3 Å². The number of carboxylic acids is 1. The summed E-state index contributed by atoms with van der Waals surface area (Å²) in [6, 6.07) is 4.86. The molecule has 1 amide bonds. The van der Waals surface area contributed by atoms with Crippen LogP contribution in [-0.4, -0.2) is 27.6 Å². The van der Waals surface area contributed by atoms with Crippen molar-refractivity contribution < 1.29 is 19.8 Å². The van der Waals surface area contributed by atoms with E-state index in [9.17, 15) is 19.8 Å². The number of phenols is 1. The number of nitrogens with one attached hydrogen (secondary N) is 1. The molecule has 1 aliphatic carbocycles. The molecule has 108 valence electrons. The van der Waals surface area contributed by atoms with Crippen LogP contribution in [0.4, 0.5) is 0 Å². The molecule has 0 aromatic heterocycles. The number of hydrogen-bond donors (Lipinski definition) is 3. The second-order valence-electron chi connectivity index (χ2n) is 5.37. The predicted molar refractivity (Wildman–Crippen MR) is 73.8 cm³/mol. The molecule has 1 aliphatic rings. The van der Waals surface area contributed by atoms with Crippen LogP contribution in [0, 0.1) is 6.92 Å². The number of rotatable bonds is 3. The van der Waals surface area contributed by atoms with Gasteiger partial charge < -0.3 is 15.5 Å². The van der Waals surface area contributed by atoms with Gasteiger partial charge in [-0.15, -0.1) is 0 Å². The zero-order valence-electron chi connectivity index (χ0n) is 11.5. The SMILES string of the molecule is Cc1cccc(C(=O)NC2(C(=O)O)CCCCC2)c1O. The zero-order chi connectivity index (χ0) is 14.8. The number of carbonyl (C=O) groups is 2. The molecule has 0 unspecified atom stereocenters. The van der Waals surface area contributed by atoms with Gasteiger partial charge in [0.25, 0.3) is 5.91 Å². The van der Waals surface area contributed by atoms with Gasteiger partial charge in [0, 0.05) is 0 Å². The molecule has 0 atom stereocenters. The lowest BCUT2D eigenvalue weighted by molar-refractivity contribution is -0.145. The fraction of sp³-hybridized carbons (Fsp3) is 0.467. The Kier molecular flexibility index (Phi) is 3.97. The first kappa shape index (κ1) is 14.4. The van der Waals surface area contributed by atoms with Gasteiger partial charge in [0.05, 0.1) is 5.56 Å². The van der Waals surface area contributed by atoms with E-state index in [1.807, 2.05) is 0 Å². The fourth-order valence-electron chi connectivity index (χ4n) is 2.67. The molecule has 1 aromatic rings. The largest absolute Gasteiger partial charge is 0.507 e. The molecule has 0 spiro atoms. The van der Waals surface area contributed by atoms with Gasteiger partial charge in [0.15, 0.2) is 0 Å². The van der Waals surface area contributed by atoms with Crippen LogP contribution in [-0.2, 0) is 4.79 Å². The highest BCUT2D eigenvalue weighted by molar-refractivity contribution is 6.00. The molecule has 1 fully saturated rings. The van der Waals surface area contributed by atoms with Crippen LogP contribution in [0.25, 0.3) is 0 Å². The van der Waals surface area contributed by atoms with Crippen molar-refractivity contribution in [1.29, 1.82) is 0 Å². The van der Waals surface area contributed by atoms with Gasteiger partial charge in [-0.05, 0) is 31.4 Å². The van der Waals surface area contributed by atoms with Crippen LogP contribution in [0.2, 0.25) is 0 Å². The highest BCUT2D eigenvalue weighted by Crippen LogP contribution is 2.30. The molecule has 2 rings (SSSR count). The monoisotopic (exact) mass is 277 g/mol. The third-order valence-corrected chi connectivity index (χ3v) is 3.95. The lowest BCUT2D eigenvalue weighted by atomic mass is 9.81. The van der Waals surface area contributed by atoms with Gasteiger partial charge in [-0.2, -0.15) is 0 Å². The molecule has 3 N–H and O–H groups in total. The Hall–Kier alpha value is -2.04. The first-order valence-corrected chi connectivity index (χ1v) is 6.81. The zero-order valence-corrected chi connectivity index (χ0v) is 11.5. The van der Waals surface area contributed by atoms with Crippen molar-refractivity contribution in [2.45, 2.75) is 44.6 Å². The maximum Gasteiger partial charge on any atom is 0.329 e. The first-order chi connectivity index (χ1) is 9.46. The Morgan fingerprint density at radius 1 is 1.20 bits per heavy atom. The molecule has 5 heteroatoms. The Morgan fingerprint density at radius 2 is 1.85 bits per heavy atom. The van der Waals surface area contributed by atoms with Crippen LogP contribution < -0.4 is 5.32 Å². The Morgan fingerprint density at radius 3 is 2.45 bits per heavy atom. The third kappa shape index (κ3) is 2.61. The molecule has 20 heavy (non-hydrogen) atoms. The second-order valence-corrected chi connectivity index (χ2v) is 5.37. The summed E-state index contributed by atoms with van der Waals surface area (Å²) >= 11 is 0. The van der Waals surface area contributed by atoms with Crippen molar-refractivity contribution in [2.24, 2.45) is 0 Å². The summed E-state index contributed by atoms with van der Waals surface area (Å²) in [5.74, 6) is -1.63. The molecule has 0 aliphatic heterocycles. The molecule has 0 radical (unpaired) electrons. The van der Waals surface area contributed by atoms with Crippen LogP contribution in [0.3, 0.4) is 0 Å². The highest BCUT2D eigenvalue weighted by Gasteiger charge is 2.41. The van der Waals surface area contributed by atoms with Crippen molar-refractivity contribution in [1.82, 2.24) is 5.32 Å². The maximum atomic E-state index is 12.3. The van der Waals surface area contributed by atoms with Gasteiger partial charge in [-0.1, -0.05) is 31.4 Å². The average molecular weight is 277 g/mol. The Bertz CT molecular complexity index is 533. The Labute approximate surface area is 117 Å². The number of aliphatic carboxylic acids is 1. The van der Waals surface area contributed by atoms with Crippen molar-refractivity contribution in [2.75, 3.05) is 0 Å². The molecule has 1 saturated carbocycles. The number of carbonyl (C=O) groups excluding carboxylic acids is 1. The van der Waals surface area contributed by atoms with E-state index in [1.54, 1.807) is 19.1 Å². The number of carboxylic acid groups (broad SMARTS) is 1. The van der Waals surface area contributed by atoms with Gasteiger partial charge in [-0.3, -0.25) is 4.79 Å². The summed E-state index contributed by atoms with van der Waals surface area (Å²) in [5, 5.41) is 22.0. The van der Waals surface area contributed by atoms with E-state index in [4.69, 9.17) is 0 Å². The number of para-hydroxylation sites is 1. The van der Waals surface area contributed by atoms with E-state index in [-0.39, 0.29) is 11.3 Å². The molecule has 1 aromatic carbocycles. The Balaban J connectivity index is 2.25. The lowest BCUT2D eigenvalue weighted by Gasteiger charge is -2.34. The summed E-state index contributed by atoms with van der Waals surface area (Å²) in [6.45, 7) is 1.69. The number of amides is 1. The van der Waals surface area contributed by atoms with Gasteiger partial charge in [-0.25, -0.2) is 4.79 Å². The first-order valence-electron chi connectivity index (χ1n) is 6.81. The fourth-order valence-corrected chi connectivity index (χ4v) is 2.67. The van der Waals surface area contributed by atoms with Crippen molar-refractivity contribution in [3.63, 3.8) is 0 Å². The van der Waals surface area contributed by atoms with Crippen LogP contribution in [0.15, 0.2) is 18.2 Å². The smallest absolute Gasteiger partial charge is 0.329 e. The topological polar surface area (TPSA) is 86.6 Å². The number of hydrogen-bond acceptors (Lipinski definition) is 3. The summed E-state index contributed by atoms with van der Waals surface area (Å²) < 4.78 is 0. The van der Waals surface area contributed by atoms with E-state index in [1.165, 1.54) is 6.07 Å². The normalized spacial score (nSPS) is 17.4. The summed E-state index contributed by atoms with van der Waals surface area (Å²) in [5.41, 5.74) is -0.493. The summed E-state index contributed by atoms with van der Waals surface area (Å²) in [6.07, 6.45) is 3.42. The van der Waals surface area contributed by atoms with Crippen LogP contribution >= 0.6 is 0 Å². The molecule has 0 bridgehead atoms. The predicted octanol–water partition coefficient (Wildman–Crippen LogP) is 2.22. The van der Waals surface area contributed by atoms with E-state index in [2.05, 4.69) is 5.32 Å². The van der Waals surface area contributed by atoms with Crippen LogP contribution in [0.1, 0.15) is 48.0 Å². The highest BCUT2D eigenvalue weighted by atomic mass is 16.4. The van der Waals surface area contributed by atoms with Crippen molar-refractivity contribution >= 4 is 11.9 Å². The number of aromatic hydroxyl groups is 1. The standard InChI is InChI=1S/C15H19NO4/c1-10-6-5-7-11(12(10)17)13(18)16-15(14(19)20)8-3-2-4-9-15/h5-7,17H,2-4,8-9H2,1H3,(H,16,18)(H,19,20). The summed E-state index contributed by atoms with van der Waals surface area (Å²) in [7, 11) is 0.